The summed E-state index contributed by atoms with van der Waals surface area (Å²) in [6.45, 7) is 4.67. The second kappa shape index (κ2) is 10.8. The molecule has 1 radical (unpaired) electrons. The van der Waals surface area contributed by atoms with Gasteiger partial charge in [-0.05, 0) is 22.6 Å². The van der Waals surface area contributed by atoms with Crippen LogP contribution in [0.3, 0.4) is 0 Å². The van der Waals surface area contributed by atoms with Gasteiger partial charge in [0.2, 0.25) is 0 Å². The average molecular weight is 464 g/mol. The van der Waals surface area contributed by atoms with Crippen molar-refractivity contribution in [2.45, 2.75) is 19.8 Å². The Bertz CT molecular complexity index is 1050. The minimum Gasteiger partial charge on any atom is -0.184 e. The zero-order valence-corrected chi connectivity index (χ0v) is 20.5. The molecule has 0 aliphatic heterocycles. The van der Waals surface area contributed by atoms with Crippen molar-refractivity contribution in [2.24, 2.45) is 5.92 Å². The van der Waals surface area contributed by atoms with Crippen molar-refractivity contribution >= 4 is 0 Å². The fourth-order valence-corrected chi connectivity index (χ4v) is 4.01. The van der Waals surface area contributed by atoms with E-state index in [1.807, 2.05) is 0 Å². The molecule has 0 nitrogen and oxygen atoms in total. The molecule has 0 saturated carbocycles. The van der Waals surface area contributed by atoms with Crippen molar-refractivity contribution in [3.05, 3.63) is 127 Å². The Morgan fingerprint density at radius 3 is 1.63 bits per heavy atom. The fraction of sp³-hybridized carbons (Fsp3) is 0.138. The van der Waals surface area contributed by atoms with Crippen molar-refractivity contribution < 1.29 is 32.7 Å². The minimum atomic E-state index is 0. The van der Waals surface area contributed by atoms with Crippen LogP contribution < -0.4 is 0 Å². The van der Waals surface area contributed by atoms with E-state index in [-0.39, 0.29) is 32.7 Å². The number of hydrogen-bond acceptors (Lipinski definition) is 0. The van der Waals surface area contributed by atoms with Gasteiger partial charge in [0, 0.05) is 32.7 Å². The number of benzene rings is 4. The minimum absolute atomic E-state index is 0. The van der Waals surface area contributed by atoms with E-state index in [1.165, 1.54) is 33.4 Å². The molecule has 0 bridgehead atoms. The molecule has 0 aliphatic rings. The van der Waals surface area contributed by atoms with Crippen LogP contribution in [0.1, 0.15) is 30.9 Å². The van der Waals surface area contributed by atoms with E-state index >= 15 is 0 Å². The molecule has 0 saturated heterocycles. The SMILES string of the molecule is CC([CH-]c1ccccc1-c1ccccc1)C(C)c1ccccc1-c1ccccc1.[Y]. The number of rotatable bonds is 6. The summed E-state index contributed by atoms with van der Waals surface area (Å²) in [6.07, 6.45) is 2.43. The maximum atomic E-state index is 2.43. The van der Waals surface area contributed by atoms with E-state index in [0.717, 1.165) is 0 Å². The van der Waals surface area contributed by atoms with Crippen LogP contribution in [0.2, 0.25) is 0 Å². The van der Waals surface area contributed by atoms with Crippen molar-refractivity contribution in [1.82, 2.24) is 0 Å². The summed E-state index contributed by atoms with van der Waals surface area (Å²) < 4.78 is 0. The molecule has 0 amide bonds. The molecule has 1 heteroatoms. The quantitative estimate of drug-likeness (QED) is 0.254. The summed E-state index contributed by atoms with van der Waals surface area (Å²) in [7, 11) is 0. The monoisotopic (exact) mass is 464 g/mol. The van der Waals surface area contributed by atoms with Crippen molar-refractivity contribution in [2.75, 3.05) is 0 Å². The van der Waals surface area contributed by atoms with Gasteiger partial charge in [0.1, 0.15) is 0 Å². The predicted molar refractivity (Wildman–Crippen MR) is 125 cm³/mol. The Balaban J connectivity index is 0.00000256. The first-order valence-electron chi connectivity index (χ1n) is 10.4. The van der Waals surface area contributed by atoms with E-state index in [0.29, 0.717) is 11.8 Å². The first kappa shape index (κ1) is 22.5. The van der Waals surface area contributed by atoms with Gasteiger partial charge >= 0.3 is 0 Å². The molecule has 4 aromatic carbocycles. The molecule has 30 heavy (non-hydrogen) atoms. The molecular weight excluding hydrogens is 437 g/mol. The largest absolute Gasteiger partial charge is 0.184 e. The molecule has 0 N–H and O–H groups in total. The Kier molecular flexibility index (Phi) is 8.08. The maximum absolute atomic E-state index is 2.43. The Hall–Kier alpha value is -2.15. The molecular formula is C29H27Y-. The molecule has 4 rings (SSSR count). The molecule has 4 aromatic rings. The Labute approximate surface area is 206 Å². The summed E-state index contributed by atoms with van der Waals surface area (Å²) in [5.41, 5.74) is 7.88. The summed E-state index contributed by atoms with van der Waals surface area (Å²) in [5.74, 6) is 0.819. The maximum Gasteiger partial charge on any atom is 0 e. The van der Waals surface area contributed by atoms with E-state index in [9.17, 15) is 0 Å². The van der Waals surface area contributed by atoms with E-state index < -0.39 is 0 Å². The topological polar surface area (TPSA) is 0 Å². The fourth-order valence-electron chi connectivity index (χ4n) is 4.01. The first-order valence-corrected chi connectivity index (χ1v) is 10.4. The summed E-state index contributed by atoms with van der Waals surface area (Å²) in [6, 6.07) is 38.9. The normalized spacial score (nSPS) is 12.5. The zero-order valence-electron chi connectivity index (χ0n) is 17.7. The predicted octanol–water partition coefficient (Wildman–Crippen LogP) is 8.01. The summed E-state index contributed by atoms with van der Waals surface area (Å²) in [5, 5.41) is 0. The molecule has 0 aromatic heterocycles. The second-order valence-corrected chi connectivity index (χ2v) is 7.72. The molecule has 147 valence electrons. The van der Waals surface area contributed by atoms with Crippen molar-refractivity contribution in [3.63, 3.8) is 0 Å². The van der Waals surface area contributed by atoms with Crippen molar-refractivity contribution in [3.8, 4) is 22.3 Å². The summed E-state index contributed by atoms with van der Waals surface area (Å²) in [4.78, 5) is 0. The molecule has 0 aliphatic carbocycles. The third-order valence-corrected chi connectivity index (χ3v) is 5.81. The van der Waals surface area contributed by atoms with Crippen LogP contribution in [-0.4, -0.2) is 0 Å². The van der Waals surface area contributed by atoms with Crippen LogP contribution in [-0.2, 0) is 32.7 Å². The molecule has 2 unspecified atom stereocenters. The van der Waals surface area contributed by atoms with Crippen LogP contribution in [0.5, 0.6) is 0 Å². The van der Waals surface area contributed by atoms with Crippen molar-refractivity contribution in [1.29, 1.82) is 0 Å². The molecule has 2 atom stereocenters. The van der Waals surface area contributed by atoms with Crippen LogP contribution in [0.4, 0.5) is 0 Å². The second-order valence-electron chi connectivity index (χ2n) is 7.72. The van der Waals surface area contributed by atoms with E-state index in [4.69, 9.17) is 0 Å². The summed E-state index contributed by atoms with van der Waals surface area (Å²) >= 11 is 0. The first-order chi connectivity index (χ1) is 14.2. The van der Waals surface area contributed by atoms with Gasteiger partial charge in [-0.2, -0.15) is 18.1 Å². The number of hydrogen-bond donors (Lipinski definition) is 0. The van der Waals surface area contributed by atoms with Gasteiger partial charge in [0.05, 0.1) is 0 Å². The van der Waals surface area contributed by atoms with Gasteiger partial charge in [-0.25, -0.2) is 0 Å². The third-order valence-electron chi connectivity index (χ3n) is 5.81. The average Bonchev–Trinajstić information content (AvgIpc) is 2.80. The van der Waals surface area contributed by atoms with Gasteiger partial charge in [-0.3, -0.25) is 0 Å². The molecule has 0 fully saturated rings. The van der Waals surface area contributed by atoms with Gasteiger partial charge < -0.3 is 0 Å². The zero-order chi connectivity index (χ0) is 20.1. The van der Waals surface area contributed by atoms with Crippen LogP contribution in [0, 0.1) is 12.3 Å². The van der Waals surface area contributed by atoms with E-state index in [1.54, 1.807) is 0 Å². The van der Waals surface area contributed by atoms with Crippen LogP contribution in [0.25, 0.3) is 22.3 Å². The van der Waals surface area contributed by atoms with Gasteiger partial charge in [0.15, 0.2) is 0 Å². The van der Waals surface area contributed by atoms with Gasteiger partial charge in [-0.15, -0.1) is 17.7 Å². The van der Waals surface area contributed by atoms with Crippen LogP contribution >= 0.6 is 0 Å². The Morgan fingerprint density at radius 2 is 1.00 bits per heavy atom. The van der Waals surface area contributed by atoms with Gasteiger partial charge in [0.25, 0.3) is 0 Å². The molecule has 0 spiro atoms. The third kappa shape index (κ3) is 5.12. The van der Waals surface area contributed by atoms with Crippen LogP contribution in [0.15, 0.2) is 109 Å². The standard InChI is InChI=1S/C29H27.Y/c1-22(21-26-17-9-10-19-28(26)24-13-5-3-6-14-24)23(2)27-18-11-12-20-29(27)25-15-7-4-8-16-25;/h3-23H,1-2H3;/q-1;. The smallest absolute Gasteiger partial charge is 0 e. The Morgan fingerprint density at radius 1 is 0.533 bits per heavy atom. The molecule has 0 heterocycles. The van der Waals surface area contributed by atoms with E-state index in [2.05, 4.69) is 129 Å². The van der Waals surface area contributed by atoms with Gasteiger partial charge in [-0.1, -0.05) is 116 Å².